The van der Waals surface area contributed by atoms with Gasteiger partial charge in [-0.15, -0.1) is 11.3 Å². The smallest absolute Gasteiger partial charge is 0.347 e. The molecular weight excluding hydrogens is 403 g/mol. The van der Waals surface area contributed by atoms with Crippen LogP contribution in [0.25, 0.3) is 0 Å². The molecule has 0 aliphatic carbocycles. The summed E-state index contributed by atoms with van der Waals surface area (Å²) in [5, 5.41) is 10.1. The number of thiazole rings is 1. The standard InChI is InChI=1S/C19H23FN2O4S2/c1-2-12-28(25,26)22-11-3-4-16(22)18-21-15(17(27-18)19(23)24)10-7-13-5-8-14(20)9-6-13/h5-6,8-9,16H,2-4,7,10-12H2,1H3,(H,23,24). The van der Waals surface area contributed by atoms with Crippen LogP contribution >= 0.6 is 11.3 Å². The highest BCUT2D eigenvalue weighted by Gasteiger charge is 2.37. The Morgan fingerprint density at radius 1 is 1.32 bits per heavy atom. The fraction of sp³-hybridized carbons (Fsp3) is 0.474. The minimum Gasteiger partial charge on any atom is -0.477 e. The SMILES string of the molecule is CCCS(=O)(=O)N1CCCC1c1nc(CCc2ccc(F)cc2)c(C(=O)O)s1. The number of carboxylic acid groups (broad SMARTS) is 1. The number of hydrogen-bond acceptors (Lipinski definition) is 5. The zero-order valence-electron chi connectivity index (χ0n) is 15.6. The lowest BCUT2D eigenvalue weighted by Gasteiger charge is -2.22. The maximum atomic E-state index is 13.0. The van der Waals surface area contributed by atoms with Crippen molar-refractivity contribution in [3.63, 3.8) is 0 Å². The van der Waals surface area contributed by atoms with E-state index in [4.69, 9.17) is 0 Å². The van der Waals surface area contributed by atoms with E-state index in [-0.39, 0.29) is 22.5 Å². The largest absolute Gasteiger partial charge is 0.477 e. The van der Waals surface area contributed by atoms with Crippen LogP contribution in [-0.2, 0) is 22.9 Å². The molecule has 6 nitrogen and oxygen atoms in total. The molecule has 1 fully saturated rings. The van der Waals surface area contributed by atoms with E-state index in [1.807, 2.05) is 6.92 Å². The summed E-state index contributed by atoms with van der Waals surface area (Å²) in [7, 11) is -3.37. The van der Waals surface area contributed by atoms with E-state index in [1.165, 1.54) is 16.4 Å². The Morgan fingerprint density at radius 2 is 2.04 bits per heavy atom. The van der Waals surface area contributed by atoms with E-state index in [2.05, 4.69) is 4.98 Å². The van der Waals surface area contributed by atoms with Crippen LogP contribution in [0.2, 0.25) is 0 Å². The Hall–Kier alpha value is -1.84. The first-order valence-electron chi connectivity index (χ1n) is 9.28. The molecule has 152 valence electrons. The van der Waals surface area contributed by atoms with Crippen molar-refractivity contribution in [2.45, 2.75) is 45.1 Å². The van der Waals surface area contributed by atoms with Crippen molar-refractivity contribution in [2.24, 2.45) is 0 Å². The minimum absolute atomic E-state index is 0.0814. The summed E-state index contributed by atoms with van der Waals surface area (Å²) < 4.78 is 39.6. The number of rotatable bonds is 8. The quantitative estimate of drug-likeness (QED) is 0.696. The summed E-state index contributed by atoms with van der Waals surface area (Å²) in [5.41, 5.74) is 1.34. The summed E-state index contributed by atoms with van der Waals surface area (Å²) in [4.78, 5) is 16.4. The summed E-state index contributed by atoms with van der Waals surface area (Å²) >= 11 is 1.06. The summed E-state index contributed by atoms with van der Waals surface area (Å²) in [5.74, 6) is -1.29. The second kappa shape index (κ2) is 8.67. The van der Waals surface area contributed by atoms with Gasteiger partial charge in [-0.05, 0) is 49.8 Å². The number of halogens is 1. The fourth-order valence-electron chi connectivity index (χ4n) is 3.46. The molecular formula is C19H23FN2O4S2. The van der Waals surface area contributed by atoms with Crippen LogP contribution in [0, 0.1) is 5.82 Å². The lowest BCUT2D eigenvalue weighted by Crippen LogP contribution is -2.32. The van der Waals surface area contributed by atoms with Gasteiger partial charge in [0.2, 0.25) is 10.0 Å². The van der Waals surface area contributed by atoms with Crippen LogP contribution in [0.4, 0.5) is 4.39 Å². The lowest BCUT2D eigenvalue weighted by molar-refractivity contribution is 0.0700. The van der Waals surface area contributed by atoms with Crippen molar-refractivity contribution in [1.29, 1.82) is 0 Å². The number of carbonyl (C=O) groups is 1. The van der Waals surface area contributed by atoms with Gasteiger partial charge in [-0.3, -0.25) is 0 Å². The maximum absolute atomic E-state index is 13.0. The van der Waals surface area contributed by atoms with Gasteiger partial charge in [0, 0.05) is 6.54 Å². The molecule has 3 rings (SSSR count). The normalized spacial score (nSPS) is 17.9. The van der Waals surface area contributed by atoms with Gasteiger partial charge < -0.3 is 5.11 Å². The molecule has 2 aromatic rings. The van der Waals surface area contributed by atoms with E-state index in [9.17, 15) is 22.7 Å². The zero-order chi connectivity index (χ0) is 20.3. The van der Waals surface area contributed by atoms with E-state index >= 15 is 0 Å². The molecule has 0 amide bonds. The van der Waals surface area contributed by atoms with Crippen LogP contribution < -0.4 is 0 Å². The highest BCUT2D eigenvalue weighted by Crippen LogP contribution is 2.37. The van der Waals surface area contributed by atoms with Crippen molar-refractivity contribution in [3.05, 3.63) is 51.2 Å². The average Bonchev–Trinajstić information content (AvgIpc) is 3.28. The maximum Gasteiger partial charge on any atom is 0.347 e. The molecule has 2 heterocycles. The Morgan fingerprint density at radius 3 is 2.68 bits per heavy atom. The highest BCUT2D eigenvalue weighted by molar-refractivity contribution is 7.89. The van der Waals surface area contributed by atoms with Gasteiger partial charge in [0.15, 0.2) is 0 Å². The molecule has 1 aliphatic rings. The van der Waals surface area contributed by atoms with Crippen LogP contribution in [0.3, 0.4) is 0 Å². The number of aromatic carboxylic acids is 1. The summed E-state index contributed by atoms with van der Waals surface area (Å²) in [6.45, 7) is 2.27. The van der Waals surface area contributed by atoms with Crippen LogP contribution in [0.1, 0.15) is 58.2 Å². The molecule has 0 spiro atoms. The molecule has 9 heteroatoms. The Bertz CT molecular complexity index is 941. The van der Waals surface area contributed by atoms with E-state index in [0.29, 0.717) is 42.9 Å². The van der Waals surface area contributed by atoms with E-state index in [1.54, 1.807) is 12.1 Å². The molecule has 0 radical (unpaired) electrons. The topological polar surface area (TPSA) is 87.6 Å². The third-order valence-electron chi connectivity index (χ3n) is 4.78. The van der Waals surface area contributed by atoms with Crippen molar-refractivity contribution in [3.8, 4) is 0 Å². The van der Waals surface area contributed by atoms with Crippen molar-refractivity contribution >= 4 is 27.3 Å². The van der Waals surface area contributed by atoms with Crippen LogP contribution in [0.15, 0.2) is 24.3 Å². The number of nitrogens with zero attached hydrogens (tertiary/aromatic N) is 2. The van der Waals surface area contributed by atoms with Gasteiger partial charge in [-0.2, -0.15) is 4.31 Å². The fourth-order valence-corrected chi connectivity index (χ4v) is 6.37. The first-order chi connectivity index (χ1) is 13.3. The van der Waals surface area contributed by atoms with Crippen molar-refractivity contribution < 1.29 is 22.7 Å². The first-order valence-corrected chi connectivity index (χ1v) is 11.7. The number of aromatic nitrogens is 1. The van der Waals surface area contributed by atoms with Crippen molar-refractivity contribution in [2.75, 3.05) is 12.3 Å². The predicted molar refractivity (Wildman–Crippen MR) is 106 cm³/mol. The monoisotopic (exact) mass is 426 g/mol. The Labute approximate surface area is 168 Å². The third-order valence-corrected chi connectivity index (χ3v) is 8.04. The molecule has 1 saturated heterocycles. The summed E-state index contributed by atoms with van der Waals surface area (Å²) in [6, 6.07) is 5.68. The van der Waals surface area contributed by atoms with Gasteiger partial charge in [0.05, 0.1) is 17.5 Å². The number of sulfonamides is 1. The van der Waals surface area contributed by atoms with Crippen molar-refractivity contribution in [1.82, 2.24) is 9.29 Å². The van der Waals surface area contributed by atoms with Gasteiger partial charge in [0.1, 0.15) is 15.7 Å². The molecule has 0 saturated carbocycles. The molecule has 0 bridgehead atoms. The minimum atomic E-state index is -3.37. The second-order valence-corrected chi connectivity index (χ2v) is 9.92. The van der Waals surface area contributed by atoms with Gasteiger partial charge in [-0.1, -0.05) is 19.1 Å². The molecule has 1 N–H and O–H groups in total. The van der Waals surface area contributed by atoms with Crippen LogP contribution in [0.5, 0.6) is 0 Å². The van der Waals surface area contributed by atoms with Gasteiger partial charge in [0.25, 0.3) is 0 Å². The Balaban J connectivity index is 1.83. The molecule has 1 aromatic heterocycles. The number of carboxylic acids is 1. The Kier molecular flexibility index (Phi) is 6.47. The third kappa shape index (κ3) is 4.59. The molecule has 1 aromatic carbocycles. The van der Waals surface area contributed by atoms with Crippen LogP contribution in [-0.4, -0.2) is 41.1 Å². The molecule has 1 aliphatic heterocycles. The lowest BCUT2D eigenvalue weighted by atomic mass is 10.1. The van der Waals surface area contributed by atoms with Gasteiger partial charge in [-0.25, -0.2) is 22.6 Å². The average molecular weight is 427 g/mol. The van der Waals surface area contributed by atoms with Gasteiger partial charge >= 0.3 is 5.97 Å². The highest BCUT2D eigenvalue weighted by atomic mass is 32.2. The molecule has 1 unspecified atom stereocenters. The number of benzene rings is 1. The van der Waals surface area contributed by atoms with E-state index < -0.39 is 16.0 Å². The molecule has 1 atom stereocenters. The first kappa shape index (κ1) is 20.9. The summed E-state index contributed by atoms with van der Waals surface area (Å²) in [6.07, 6.45) is 2.85. The number of hydrogen-bond donors (Lipinski definition) is 1. The zero-order valence-corrected chi connectivity index (χ0v) is 17.2. The predicted octanol–water partition coefficient (Wildman–Crippen LogP) is 3.64. The number of aryl methyl sites for hydroxylation is 2. The van der Waals surface area contributed by atoms with E-state index in [0.717, 1.165) is 23.3 Å². The second-order valence-electron chi connectivity index (χ2n) is 6.84. The molecule has 28 heavy (non-hydrogen) atoms.